The van der Waals surface area contributed by atoms with E-state index in [1.807, 2.05) is 31.3 Å². The van der Waals surface area contributed by atoms with E-state index in [2.05, 4.69) is 5.32 Å². The van der Waals surface area contributed by atoms with Gasteiger partial charge < -0.3 is 5.32 Å². The molecule has 0 fully saturated rings. The number of carbonyl (C=O) groups excluding carboxylic acids is 1. The average Bonchev–Trinajstić information content (AvgIpc) is 2.45. The third-order valence-electron chi connectivity index (χ3n) is 3.22. The number of nitrogens with one attached hydrogen (secondary N) is 1. The normalized spacial score (nSPS) is 10.5. The van der Waals surface area contributed by atoms with Crippen LogP contribution in [0.1, 0.15) is 21.5 Å². The summed E-state index contributed by atoms with van der Waals surface area (Å²) in [7, 11) is 1.89. The first-order chi connectivity index (χ1) is 9.70. The van der Waals surface area contributed by atoms with Gasteiger partial charge in [0.1, 0.15) is 5.82 Å². The Morgan fingerprint density at radius 2 is 1.95 bits per heavy atom. The van der Waals surface area contributed by atoms with E-state index in [0.717, 1.165) is 24.1 Å². The Labute approximate surface area is 118 Å². The van der Waals surface area contributed by atoms with E-state index in [-0.39, 0.29) is 18.0 Å². The maximum absolute atomic E-state index is 13.1. The summed E-state index contributed by atoms with van der Waals surface area (Å²) in [6.07, 6.45) is 1.04. The number of halogens is 1. The van der Waals surface area contributed by atoms with Gasteiger partial charge in [-0.05, 0) is 43.3 Å². The van der Waals surface area contributed by atoms with Crippen LogP contribution in [0.15, 0.2) is 48.5 Å². The summed E-state index contributed by atoms with van der Waals surface area (Å²) in [5.74, 6) is -0.277. The molecule has 0 atom stereocenters. The molecular formula is C17H18FNO. The summed E-state index contributed by atoms with van der Waals surface area (Å²) >= 11 is 0. The van der Waals surface area contributed by atoms with Crippen LogP contribution in [0.25, 0.3) is 0 Å². The van der Waals surface area contributed by atoms with Crippen molar-refractivity contribution in [2.24, 2.45) is 0 Å². The Balaban J connectivity index is 2.16. The van der Waals surface area contributed by atoms with E-state index in [4.69, 9.17) is 0 Å². The van der Waals surface area contributed by atoms with Crippen molar-refractivity contribution < 1.29 is 9.18 Å². The van der Waals surface area contributed by atoms with Gasteiger partial charge >= 0.3 is 0 Å². The van der Waals surface area contributed by atoms with Crippen LogP contribution in [-0.2, 0) is 12.8 Å². The van der Waals surface area contributed by atoms with Gasteiger partial charge in [-0.3, -0.25) is 4.79 Å². The number of hydrogen-bond acceptors (Lipinski definition) is 2. The Morgan fingerprint density at radius 3 is 2.70 bits per heavy atom. The fourth-order valence-corrected chi connectivity index (χ4v) is 2.20. The second kappa shape index (κ2) is 6.96. The maximum atomic E-state index is 13.1. The van der Waals surface area contributed by atoms with Gasteiger partial charge in [0.2, 0.25) is 0 Å². The molecule has 0 aliphatic rings. The van der Waals surface area contributed by atoms with E-state index in [0.29, 0.717) is 5.56 Å². The fourth-order valence-electron chi connectivity index (χ4n) is 2.20. The van der Waals surface area contributed by atoms with Gasteiger partial charge in [0.15, 0.2) is 5.78 Å². The molecular weight excluding hydrogens is 253 g/mol. The van der Waals surface area contributed by atoms with Gasteiger partial charge in [0, 0.05) is 12.0 Å². The fraction of sp³-hybridized carbons (Fsp3) is 0.235. The minimum absolute atomic E-state index is 0.0299. The second-order valence-corrected chi connectivity index (χ2v) is 4.74. The third-order valence-corrected chi connectivity index (χ3v) is 3.22. The summed E-state index contributed by atoms with van der Waals surface area (Å²) in [4.78, 5) is 12.4. The predicted octanol–water partition coefficient (Wildman–Crippen LogP) is 3.01. The predicted molar refractivity (Wildman–Crippen MR) is 78.5 cm³/mol. The summed E-state index contributed by atoms with van der Waals surface area (Å²) in [5, 5.41) is 3.08. The number of likely N-dealkylation sites (N-methyl/N-ethyl adjacent to an activating group) is 1. The minimum Gasteiger partial charge on any atom is -0.319 e. The maximum Gasteiger partial charge on any atom is 0.167 e. The molecule has 0 radical (unpaired) electrons. The summed E-state index contributed by atoms with van der Waals surface area (Å²) in [5.41, 5.74) is 2.47. The molecule has 2 rings (SSSR count). The SMILES string of the molecule is CNCCc1ccccc1C(=O)Cc1cccc(F)c1. The smallest absolute Gasteiger partial charge is 0.167 e. The topological polar surface area (TPSA) is 29.1 Å². The van der Waals surface area contributed by atoms with Crippen LogP contribution >= 0.6 is 0 Å². The van der Waals surface area contributed by atoms with Crippen molar-refractivity contribution in [2.45, 2.75) is 12.8 Å². The standard InChI is InChI=1S/C17H18FNO/c1-19-10-9-14-6-2-3-8-16(14)17(20)12-13-5-4-7-15(18)11-13/h2-8,11,19H,9-10,12H2,1H3. The molecule has 0 spiro atoms. The van der Waals surface area contributed by atoms with Crippen molar-refractivity contribution in [1.82, 2.24) is 5.32 Å². The lowest BCUT2D eigenvalue weighted by Crippen LogP contribution is -2.14. The molecule has 0 aromatic heterocycles. The zero-order chi connectivity index (χ0) is 14.4. The van der Waals surface area contributed by atoms with Gasteiger partial charge in [-0.15, -0.1) is 0 Å². The van der Waals surface area contributed by atoms with Crippen molar-refractivity contribution in [1.29, 1.82) is 0 Å². The number of ketones is 1. The van der Waals surface area contributed by atoms with Crippen molar-refractivity contribution in [3.05, 3.63) is 71.0 Å². The Bertz CT molecular complexity index is 595. The molecule has 1 N–H and O–H groups in total. The van der Waals surface area contributed by atoms with E-state index >= 15 is 0 Å². The lowest BCUT2D eigenvalue weighted by atomic mass is 9.97. The van der Waals surface area contributed by atoms with Gasteiger partial charge in [-0.2, -0.15) is 0 Å². The van der Waals surface area contributed by atoms with Crippen LogP contribution in [0.4, 0.5) is 4.39 Å². The van der Waals surface area contributed by atoms with Crippen molar-refractivity contribution in [2.75, 3.05) is 13.6 Å². The molecule has 2 aromatic carbocycles. The first kappa shape index (κ1) is 14.4. The molecule has 2 nitrogen and oxygen atoms in total. The molecule has 0 saturated heterocycles. The Kier molecular flexibility index (Phi) is 5.02. The van der Waals surface area contributed by atoms with E-state index in [1.165, 1.54) is 12.1 Å². The summed E-state index contributed by atoms with van der Waals surface area (Å²) in [6, 6.07) is 13.8. The van der Waals surface area contributed by atoms with Gasteiger partial charge in [0.05, 0.1) is 0 Å². The molecule has 104 valence electrons. The molecule has 3 heteroatoms. The number of Topliss-reactive ketones (excluding diaryl/α,β-unsaturated/α-hetero) is 1. The lowest BCUT2D eigenvalue weighted by molar-refractivity contribution is 0.0992. The van der Waals surface area contributed by atoms with E-state index in [1.54, 1.807) is 12.1 Å². The highest BCUT2D eigenvalue weighted by Crippen LogP contribution is 2.14. The van der Waals surface area contributed by atoms with Crippen LogP contribution in [0.2, 0.25) is 0 Å². The van der Waals surface area contributed by atoms with Crippen molar-refractivity contribution in [3.8, 4) is 0 Å². The molecule has 0 saturated carbocycles. The molecule has 0 unspecified atom stereocenters. The first-order valence-corrected chi connectivity index (χ1v) is 6.71. The van der Waals surface area contributed by atoms with Crippen molar-refractivity contribution in [3.63, 3.8) is 0 Å². The number of benzene rings is 2. The third kappa shape index (κ3) is 3.75. The largest absolute Gasteiger partial charge is 0.319 e. The number of rotatable bonds is 6. The van der Waals surface area contributed by atoms with Crippen LogP contribution in [-0.4, -0.2) is 19.4 Å². The highest BCUT2D eigenvalue weighted by molar-refractivity contribution is 5.98. The number of hydrogen-bond donors (Lipinski definition) is 1. The highest BCUT2D eigenvalue weighted by atomic mass is 19.1. The van der Waals surface area contributed by atoms with Gasteiger partial charge in [-0.25, -0.2) is 4.39 Å². The quantitative estimate of drug-likeness (QED) is 0.818. The number of carbonyl (C=O) groups is 1. The van der Waals surface area contributed by atoms with Crippen LogP contribution in [0.3, 0.4) is 0 Å². The summed E-state index contributed by atoms with van der Waals surface area (Å²) < 4.78 is 13.1. The molecule has 2 aromatic rings. The van der Waals surface area contributed by atoms with Crippen LogP contribution in [0, 0.1) is 5.82 Å². The van der Waals surface area contributed by atoms with Crippen LogP contribution < -0.4 is 5.32 Å². The highest BCUT2D eigenvalue weighted by Gasteiger charge is 2.11. The second-order valence-electron chi connectivity index (χ2n) is 4.74. The lowest BCUT2D eigenvalue weighted by Gasteiger charge is -2.08. The molecule has 0 aliphatic carbocycles. The van der Waals surface area contributed by atoms with Gasteiger partial charge in [-0.1, -0.05) is 36.4 Å². The zero-order valence-corrected chi connectivity index (χ0v) is 11.5. The first-order valence-electron chi connectivity index (χ1n) is 6.71. The zero-order valence-electron chi connectivity index (χ0n) is 11.5. The molecule has 0 amide bonds. The molecule has 0 bridgehead atoms. The molecule has 0 aliphatic heterocycles. The van der Waals surface area contributed by atoms with E-state index in [9.17, 15) is 9.18 Å². The van der Waals surface area contributed by atoms with E-state index < -0.39 is 0 Å². The summed E-state index contributed by atoms with van der Waals surface area (Å²) in [6.45, 7) is 0.824. The van der Waals surface area contributed by atoms with Gasteiger partial charge in [0.25, 0.3) is 0 Å². The average molecular weight is 271 g/mol. The van der Waals surface area contributed by atoms with Crippen molar-refractivity contribution >= 4 is 5.78 Å². The molecule has 20 heavy (non-hydrogen) atoms. The Hall–Kier alpha value is -2.00. The van der Waals surface area contributed by atoms with Crippen LogP contribution in [0.5, 0.6) is 0 Å². The minimum atomic E-state index is -0.307. The monoisotopic (exact) mass is 271 g/mol. The molecule has 0 heterocycles. The Morgan fingerprint density at radius 1 is 1.15 bits per heavy atom.